The first-order chi connectivity index (χ1) is 7.74. The van der Waals surface area contributed by atoms with Gasteiger partial charge < -0.3 is 10.6 Å². The van der Waals surface area contributed by atoms with E-state index in [-0.39, 0.29) is 11.7 Å². The third kappa shape index (κ3) is 1.83. The minimum Gasteiger partial charge on any atom is -0.347 e. The Bertz CT molecular complexity index is 396. The lowest BCUT2D eigenvalue weighted by molar-refractivity contribution is -0.384. The summed E-state index contributed by atoms with van der Waals surface area (Å²) in [5.74, 6) is 0.445. The molecule has 0 radical (unpaired) electrons. The van der Waals surface area contributed by atoms with Gasteiger partial charge in [0.25, 0.3) is 0 Å². The molecule has 2 N–H and O–H groups in total. The number of anilines is 1. The Balaban J connectivity index is 2.35. The molecule has 0 unspecified atom stereocenters. The van der Waals surface area contributed by atoms with Crippen molar-refractivity contribution in [3.63, 3.8) is 0 Å². The molecule has 6 nitrogen and oxygen atoms in total. The highest BCUT2D eigenvalue weighted by Crippen LogP contribution is 2.30. The predicted molar refractivity (Wildman–Crippen MR) is 60.3 cm³/mol. The fourth-order valence-electron chi connectivity index (χ4n) is 2.11. The fourth-order valence-corrected chi connectivity index (χ4v) is 2.11. The Hall–Kier alpha value is -1.69. The Kier molecular flexibility index (Phi) is 3.00. The summed E-state index contributed by atoms with van der Waals surface area (Å²) in [5.41, 5.74) is 5.71. The molecule has 1 aromatic heterocycles. The van der Waals surface area contributed by atoms with Crippen LogP contribution in [0, 0.1) is 10.1 Å². The Morgan fingerprint density at radius 3 is 3.19 bits per heavy atom. The number of hydrogen-bond acceptors (Lipinski definition) is 5. The highest BCUT2D eigenvalue weighted by atomic mass is 16.6. The number of nitro groups is 1. The van der Waals surface area contributed by atoms with Crippen molar-refractivity contribution in [3.8, 4) is 0 Å². The van der Waals surface area contributed by atoms with E-state index in [4.69, 9.17) is 5.73 Å². The van der Waals surface area contributed by atoms with Crippen LogP contribution < -0.4 is 10.6 Å². The lowest BCUT2D eigenvalue weighted by Gasteiger charge is -2.23. The molecule has 1 saturated heterocycles. The van der Waals surface area contributed by atoms with Crippen LogP contribution in [0.5, 0.6) is 0 Å². The van der Waals surface area contributed by atoms with Gasteiger partial charge in [-0.3, -0.25) is 10.1 Å². The van der Waals surface area contributed by atoms with Crippen molar-refractivity contribution < 1.29 is 4.92 Å². The summed E-state index contributed by atoms with van der Waals surface area (Å²) in [4.78, 5) is 16.5. The van der Waals surface area contributed by atoms with Gasteiger partial charge in [-0.05, 0) is 18.9 Å². The molecule has 0 amide bonds. The number of pyridine rings is 1. The second-order valence-electron chi connectivity index (χ2n) is 3.83. The van der Waals surface area contributed by atoms with Crippen molar-refractivity contribution in [1.82, 2.24) is 4.98 Å². The van der Waals surface area contributed by atoms with Gasteiger partial charge >= 0.3 is 5.69 Å². The highest BCUT2D eigenvalue weighted by Gasteiger charge is 2.29. The maximum atomic E-state index is 10.9. The maximum Gasteiger partial charge on any atom is 0.311 e. The van der Waals surface area contributed by atoms with Crippen molar-refractivity contribution in [3.05, 3.63) is 28.4 Å². The van der Waals surface area contributed by atoms with Crippen LogP contribution in [0.25, 0.3) is 0 Å². The lowest BCUT2D eigenvalue weighted by Crippen LogP contribution is -2.36. The predicted octanol–water partition coefficient (Wildman–Crippen LogP) is 0.917. The van der Waals surface area contributed by atoms with Crippen LogP contribution >= 0.6 is 0 Å². The second kappa shape index (κ2) is 4.44. The summed E-state index contributed by atoms with van der Waals surface area (Å²) in [6.45, 7) is 1.30. The topological polar surface area (TPSA) is 85.3 Å². The summed E-state index contributed by atoms with van der Waals surface area (Å²) in [6, 6.07) is 3.23. The largest absolute Gasteiger partial charge is 0.347 e. The van der Waals surface area contributed by atoms with Crippen molar-refractivity contribution in [2.75, 3.05) is 18.0 Å². The molecule has 0 saturated carbocycles. The number of rotatable bonds is 3. The SMILES string of the molecule is NC[C@H]1CCCN1c1ncccc1[N+](=O)[O-]. The summed E-state index contributed by atoms with van der Waals surface area (Å²) in [5, 5.41) is 10.9. The van der Waals surface area contributed by atoms with Gasteiger partial charge in [0.05, 0.1) is 4.92 Å². The van der Waals surface area contributed by atoms with Gasteiger partial charge in [-0.2, -0.15) is 0 Å². The molecule has 2 rings (SSSR count). The van der Waals surface area contributed by atoms with Crippen LogP contribution in [0.2, 0.25) is 0 Å². The zero-order valence-electron chi connectivity index (χ0n) is 8.87. The van der Waals surface area contributed by atoms with E-state index in [0.717, 1.165) is 19.4 Å². The molecule has 2 heterocycles. The molecule has 0 aromatic carbocycles. The van der Waals surface area contributed by atoms with E-state index < -0.39 is 4.92 Å². The smallest absolute Gasteiger partial charge is 0.311 e. The normalized spacial score (nSPS) is 20.1. The fraction of sp³-hybridized carbons (Fsp3) is 0.500. The molecular formula is C10H14N4O2. The molecule has 1 fully saturated rings. The molecule has 1 aliphatic heterocycles. The molecule has 0 aliphatic carbocycles. The van der Waals surface area contributed by atoms with E-state index in [0.29, 0.717) is 12.4 Å². The van der Waals surface area contributed by atoms with E-state index in [2.05, 4.69) is 4.98 Å². The zero-order chi connectivity index (χ0) is 11.5. The van der Waals surface area contributed by atoms with Crippen molar-refractivity contribution >= 4 is 11.5 Å². The third-order valence-electron chi connectivity index (χ3n) is 2.88. The van der Waals surface area contributed by atoms with E-state index in [1.807, 2.05) is 4.90 Å². The number of nitrogens with two attached hydrogens (primary N) is 1. The Morgan fingerprint density at radius 2 is 2.50 bits per heavy atom. The average Bonchev–Trinajstić information content (AvgIpc) is 2.76. The summed E-state index contributed by atoms with van der Waals surface area (Å²) >= 11 is 0. The van der Waals surface area contributed by atoms with E-state index in [9.17, 15) is 10.1 Å². The van der Waals surface area contributed by atoms with E-state index >= 15 is 0 Å². The average molecular weight is 222 g/mol. The minimum absolute atomic E-state index is 0.0582. The van der Waals surface area contributed by atoms with Gasteiger partial charge in [0.1, 0.15) is 0 Å². The van der Waals surface area contributed by atoms with Crippen LogP contribution in [0.3, 0.4) is 0 Å². The van der Waals surface area contributed by atoms with Gasteiger partial charge in [-0.1, -0.05) is 0 Å². The van der Waals surface area contributed by atoms with Crippen molar-refractivity contribution in [2.24, 2.45) is 5.73 Å². The Morgan fingerprint density at radius 1 is 1.69 bits per heavy atom. The van der Waals surface area contributed by atoms with Crippen LogP contribution in [0.1, 0.15) is 12.8 Å². The quantitative estimate of drug-likeness (QED) is 0.607. The van der Waals surface area contributed by atoms with Gasteiger partial charge in [0, 0.05) is 31.4 Å². The van der Waals surface area contributed by atoms with Gasteiger partial charge in [0.15, 0.2) is 0 Å². The standard InChI is InChI=1S/C10H14N4O2/c11-7-8-3-2-6-13(8)10-9(14(15)16)4-1-5-12-10/h1,4-5,8H,2-3,6-7,11H2/t8-/m1/s1. The molecule has 6 heteroatoms. The molecular weight excluding hydrogens is 208 g/mol. The van der Waals surface area contributed by atoms with Crippen LogP contribution in [0.4, 0.5) is 11.5 Å². The number of hydrogen-bond donors (Lipinski definition) is 1. The Labute approximate surface area is 93.2 Å². The highest BCUT2D eigenvalue weighted by molar-refractivity contribution is 5.58. The molecule has 16 heavy (non-hydrogen) atoms. The van der Waals surface area contributed by atoms with Gasteiger partial charge in [0.2, 0.25) is 5.82 Å². The van der Waals surface area contributed by atoms with Gasteiger partial charge in [-0.15, -0.1) is 0 Å². The van der Waals surface area contributed by atoms with E-state index in [1.165, 1.54) is 6.07 Å². The van der Waals surface area contributed by atoms with Crippen LogP contribution in [-0.2, 0) is 0 Å². The second-order valence-corrected chi connectivity index (χ2v) is 3.83. The maximum absolute atomic E-state index is 10.9. The monoisotopic (exact) mass is 222 g/mol. The zero-order valence-corrected chi connectivity index (χ0v) is 8.87. The third-order valence-corrected chi connectivity index (χ3v) is 2.88. The molecule has 1 aromatic rings. The van der Waals surface area contributed by atoms with Crippen molar-refractivity contribution in [2.45, 2.75) is 18.9 Å². The molecule has 0 spiro atoms. The number of nitrogens with zero attached hydrogens (tertiary/aromatic N) is 3. The molecule has 0 bridgehead atoms. The number of aromatic nitrogens is 1. The van der Waals surface area contributed by atoms with Crippen molar-refractivity contribution in [1.29, 1.82) is 0 Å². The first-order valence-electron chi connectivity index (χ1n) is 5.30. The molecule has 1 aliphatic rings. The first kappa shape index (κ1) is 10.8. The summed E-state index contributed by atoms with van der Waals surface area (Å²) in [7, 11) is 0. The lowest BCUT2D eigenvalue weighted by atomic mass is 10.2. The minimum atomic E-state index is -0.395. The van der Waals surface area contributed by atoms with Crippen LogP contribution in [-0.4, -0.2) is 29.0 Å². The molecule has 1 atom stereocenters. The summed E-state index contributed by atoms with van der Waals surface area (Å²) < 4.78 is 0. The van der Waals surface area contributed by atoms with E-state index in [1.54, 1.807) is 12.3 Å². The van der Waals surface area contributed by atoms with Crippen LogP contribution in [0.15, 0.2) is 18.3 Å². The van der Waals surface area contributed by atoms with Gasteiger partial charge in [-0.25, -0.2) is 4.98 Å². The first-order valence-corrected chi connectivity index (χ1v) is 5.30. The summed E-state index contributed by atoms with van der Waals surface area (Å²) in [6.07, 6.45) is 3.56. The molecule has 86 valence electrons.